The number of hydrogen-bond acceptors (Lipinski definition) is 1. The maximum absolute atomic E-state index is 2.29. The lowest BCUT2D eigenvalue weighted by Crippen LogP contribution is -2.14. The molecule has 0 saturated carbocycles. The van der Waals surface area contributed by atoms with E-state index in [0.29, 0.717) is 11.3 Å². The summed E-state index contributed by atoms with van der Waals surface area (Å²) in [6, 6.07) is 2.22. The lowest BCUT2D eigenvalue weighted by Gasteiger charge is -2.26. The van der Waals surface area contributed by atoms with Crippen molar-refractivity contribution in [2.75, 3.05) is 0 Å². The highest BCUT2D eigenvalue weighted by Crippen LogP contribution is 2.34. The molecule has 62 valence electrons. The summed E-state index contributed by atoms with van der Waals surface area (Å²) in [6.07, 6.45) is 0. The van der Waals surface area contributed by atoms with E-state index in [0.717, 1.165) is 0 Å². The van der Waals surface area contributed by atoms with Crippen LogP contribution >= 0.6 is 11.3 Å². The predicted octanol–water partition coefficient (Wildman–Crippen LogP) is 3.90. The topological polar surface area (TPSA) is 0 Å². The molecule has 1 heterocycles. The minimum Gasteiger partial charge on any atom is -0.152 e. The summed E-state index contributed by atoms with van der Waals surface area (Å²) >= 11 is 1.78. The average Bonchev–Trinajstić information content (AvgIpc) is 2.34. The van der Waals surface area contributed by atoms with Gasteiger partial charge in [-0.2, -0.15) is 11.3 Å². The van der Waals surface area contributed by atoms with Gasteiger partial charge >= 0.3 is 0 Å². The Kier molecular flexibility index (Phi) is 2.38. The van der Waals surface area contributed by atoms with Crippen molar-refractivity contribution in [3.05, 3.63) is 22.4 Å². The Morgan fingerprint density at radius 1 is 1.36 bits per heavy atom. The van der Waals surface area contributed by atoms with Crippen molar-refractivity contribution in [3.63, 3.8) is 0 Å². The zero-order valence-corrected chi connectivity index (χ0v) is 8.53. The van der Waals surface area contributed by atoms with Gasteiger partial charge < -0.3 is 0 Å². The Morgan fingerprint density at radius 2 is 2.00 bits per heavy atom. The third-order valence-corrected chi connectivity index (χ3v) is 3.04. The van der Waals surface area contributed by atoms with Crippen LogP contribution < -0.4 is 0 Å². The van der Waals surface area contributed by atoms with Gasteiger partial charge in [0.1, 0.15) is 0 Å². The maximum Gasteiger partial charge on any atom is -0.00583 e. The van der Waals surface area contributed by atoms with Crippen molar-refractivity contribution >= 4 is 11.3 Å². The first kappa shape index (κ1) is 8.79. The van der Waals surface area contributed by atoms with E-state index in [1.807, 2.05) is 0 Å². The standard InChI is InChI=1S/C10H16S/c1-8(10(2,3)4)9-5-6-11-7-9/h5-8H,1-4H3. The van der Waals surface area contributed by atoms with Crippen LogP contribution in [0.1, 0.15) is 39.2 Å². The molecule has 1 atom stereocenters. The number of hydrogen-bond donors (Lipinski definition) is 0. The van der Waals surface area contributed by atoms with Gasteiger partial charge in [0.15, 0.2) is 0 Å². The maximum atomic E-state index is 2.29. The van der Waals surface area contributed by atoms with E-state index in [-0.39, 0.29) is 0 Å². The third-order valence-electron chi connectivity index (χ3n) is 2.34. The van der Waals surface area contributed by atoms with E-state index < -0.39 is 0 Å². The van der Waals surface area contributed by atoms with E-state index in [4.69, 9.17) is 0 Å². The molecule has 0 N–H and O–H groups in total. The molecule has 0 saturated heterocycles. The molecular weight excluding hydrogens is 152 g/mol. The minimum atomic E-state index is 0.390. The molecule has 0 aliphatic carbocycles. The lowest BCUT2D eigenvalue weighted by atomic mass is 9.79. The molecule has 1 heteroatoms. The molecule has 0 amide bonds. The molecule has 1 unspecified atom stereocenters. The highest BCUT2D eigenvalue weighted by Gasteiger charge is 2.21. The van der Waals surface area contributed by atoms with Crippen LogP contribution in [-0.4, -0.2) is 0 Å². The van der Waals surface area contributed by atoms with Gasteiger partial charge in [-0.25, -0.2) is 0 Å². The molecule has 0 aromatic carbocycles. The van der Waals surface area contributed by atoms with Gasteiger partial charge in [-0.05, 0) is 33.7 Å². The van der Waals surface area contributed by atoms with Gasteiger partial charge in [0.2, 0.25) is 0 Å². The Bertz CT molecular complexity index is 203. The fourth-order valence-corrected chi connectivity index (χ4v) is 1.78. The molecule has 0 radical (unpaired) electrons. The Balaban J connectivity index is 2.78. The predicted molar refractivity (Wildman–Crippen MR) is 52.2 cm³/mol. The summed E-state index contributed by atoms with van der Waals surface area (Å²) in [6.45, 7) is 9.15. The van der Waals surface area contributed by atoms with E-state index >= 15 is 0 Å². The lowest BCUT2D eigenvalue weighted by molar-refractivity contribution is 0.340. The molecule has 0 spiro atoms. The Hall–Kier alpha value is -0.300. The van der Waals surface area contributed by atoms with E-state index in [2.05, 4.69) is 44.5 Å². The van der Waals surface area contributed by atoms with Crippen LogP contribution in [-0.2, 0) is 0 Å². The van der Waals surface area contributed by atoms with Crippen LogP contribution in [0.15, 0.2) is 16.8 Å². The molecule has 1 aromatic rings. The van der Waals surface area contributed by atoms with Crippen molar-refractivity contribution in [2.24, 2.45) is 5.41 Å². The van der Waals surface area contributed by atoms with Gasteiger partial charge in [0, 0.05) is 0 Å². The van der Waals surface area contributed by atoms with Crippen LogP contribution in [0.4, 0.5) is 0 Å². The SMILES string of the molecule is CC(c1ccsc1)C(C)(C)C. The fourth-order valence-electron chi connectivity index (χ4n) is 1.02. The zero-order valence-electron chi connectivity index (χ0n) is 7.72. The van der Waals surface area contributed by atoms with Crippen LogP contribution in [0.25, 0.3) is 0 Å². The average molecular weight is 168 g/mol. The summed E-state index contributed by atoms with van der Waals surface area (Å²) < 4.78 is 0. The summed E-state index contributed by atoms with van der Waals surface area (Å²) in [4.78, 5) is 0. The van der Waals surface area contributed by atoms with Crippen molar-refractivity contribution in [2.45, 2.75) is 33.6 Å². The normalized spacial score (nSPS) is 14.9. The molecule has 1 rings (SSSR count). The van der Waals surface area contributed by atoms with Gasteiger partial charge in [-0.1, -0.05) is 27.7 Å². The second kappa shape index (κ2) is 2.98. The molecular formula is C10H16S. The monoisotopic (exact) mass is 168 g/mol. The van der Waals surface area contributed by atoms with E-state index in [9.17, 15) is 0 Å². The zero-order chi connectivity index (χ0) is 8.48. The molecule has 1 aromatic heterocycles. The first-order valence-electron chi connectivity index (χ1n) is 4.04. The Morgan fingerprint density at radius 3 is 2.36 bits per heavy atom. The second-order valence-electron chi connectivity index (χ2n) is 4.14. The van der Waals surface area contributed by atoms with E-state index in [1.165, 1.54) is 5.56 Å². The first-order chi connectivity index (χ1) is 5.02. The van der Waals surface area contributed by atoms with Crippen LogP contribution in [0.5, 0.6) is 0 Å². The summed E-state index contributed by atoms with van der Waals surface area (Å²) in [7, 11) is 0. The molecule has 0 bridgehead atoms. The molecule has 11 heavy (non-hydrogen) atoms. The molecule has 0 fully saturated rings. The number of thiophene rings is 1. The van der Waals surface area contributed by atoms with E-state index in [1.54, 1.807) is 11.3 Å². The highest BCUT2D eigenvalue weighted by atomic mass is 32.1. The summed E-state index contributed by atoms with van der Waals surface area (Å²) in [5, 5.41) is 4.40. The third kappa shape index (κ3) is 2.06. The number of rotatable bonds is 1. The smallest absolute Gasteiger partial charge is 0.00583 e. The summed E-state index contributed by atoms with van der Waals surface area (Å²) in [5.41, 5.74) is 1.86. The second-order valence-corrected chi connectivity index (χ2v) is 4.92. The van der Waals surface area contributed by atoms with Crippen LogP contribution in [0.3, 0.4) is 0 Å². The van der Waals surface area contributed by atoms with Gasteiger partial charge in [0.05, 0.1) is 0 Å². The first-order valence-corrected chi connectivity index (χ1v) is 4.98. The summed E-state index contributed by atoms with van der Waals surface area (Å²) in [5.74, 6) is 0.661. The highest BCUT2D eigenvalue weighted by molar-refractivity contribution is 7.07. The van der Waals surface area contributed by atoms with Crippen molar-refractivity contribution in [3.8, 4) is 0 Å². The van der Waals surface area contributed by atoms with Crippen LogP contribution in [0.2, 0.25) is 0 Å². The molecule has 0 nitrogen and oxygen atoms in total. The van der Waals surface area contributed by atoms with Crippen molar-refractivity contribution < 1.29 is 0 Å². The van der Waals surface area contributed by atoms with Gasteiger partial charge in [0.25, 0.3) is 0 Å². The van der Waals surface area contributed by atoms with Crippen molar-refractivity contribution in [1.29, 1.82) is 0 Å². The van der Waals surface area contributed by atoms with Gasteiger partial charge in [-0.15, -0.1) is 0 Å². The fraction of sp³-hybridized carbons (Fsp3) is 0.600. The molecule has 0 aliphatic heterocycles. The Labute approximate surface area is 73.3 Å². The van der Waals surface area contributed by atoms with Crippen molar-refractivity contribution in [1.82, 2.24) is 0 Å². The van der Waals surface area contributed by atoms with Crippen LogP contribution in [0, 0.1) is 5.41 Å². The van der Waals surface area contributed by atoms with Gasteiger partial charge in [-0.3, -0.25) is 0 Å². The molecule has 0 aliphatic rings. The minimum absolute atomic E-state index is 0.390. The largest absolute Gasteiger partial charge is 0.152 e. The quantitative estimate of drug-likeness (QED) is 0.596.